The van der Waals surface area contributed by atoms with Gasteiger partial charge in [0.1, 0.15) is 0 Å². The predicted octanol–water partition coefficient (Wildman–Crippen LogP) is 0.739. The van der Waals surface area contributed by atoms with E-state index in [-0.39, 0.29) is 12.5 Å². The zero-order valence-electron chi connectivity index (χ0n) is 10.8. The first-order valence-electron chi connectivity index (χ1n) is 6.72. The maximum atomic E-state index is 11.9. The number of alkyl halides is 3. The van der Waals surface area contributed by atoms with Crippen molar-refractivity contribution >= 4 is 5.91 Å². The Balaban J connectivity index is 1.54. The Hall–Kier alpha value is -0.820. The molecular weight excluding hydrogens is 259 g/mol. The third kappa shape index (κ3) is 5.36. The van der Waals surface area contributed by atoms with Crippen molar-refractivity contribution in [2.45, 2.75) is 31.5 Å². The molecule has 4 nitrogen and oxygen atoms in total. The van der Waals surface area contributed by atoms with Gasteiger partial charge in [0.15, 0.2) is 0 Å². The molecule has 1 saturated heterocycles. The summed E-state index contributed by atoms with van der Waals surface area (Å²) in [6.45, 7) is 1.24. The number of amides is 1. The SMILES string of the molecule is O=C(CNCC(F)(F)F)NCC1CCN(C2CC2)C1. The molecule has 19 heavy (non-hydrogen) atoms. The molecule has 110 valence electrons. The number of carbonyl (C=O) groups excluding carboxylic acids is 1. The minimum atomic E-state index is -4.27. The highest BCUT2D eigenvalue weighted by Gasteiger charge is 2.34. The highest BCUT2D eigenvalue weighted by molar-refractivity contribution is 5.77. The molecule has 1 atom stereocenters. The van der Waals surface area contributed by atoms with Gasteiger partial charge in [-0.1, -0.05) is 0 Å². The fourth-order valence-corrected chi connectivity index (χ4v) is 2.44. The molecule has 2 rings (SSSR count). The number of carbonyl (C=O) groups is 1. The van der Waals surface area contributed by atoms with Gasteiger partial charge < -0.3 is 15.5 Å². The molecular formula is C12H20F3N3O. The van der Waals surface area contributed by atoms with Crippen molar-refractivity contribution in [3.8, 4) is 0 Å². The van der Waals surface area contributed by atoms with E-state index >= 15 is 0 Å². The van der Waals surface area contributed by atoms with Crippen LogP contribution in [0.3, 0.4) is 0 Å². The van der Waals surface area contributed by atoms with Crippen LogP contribution in [0, 0.1) is 5.92 Å². The van der Waals surface area contributed by atoms with Gasteiger partial charge in [0, 0.05) is 19.1 Å². The molecule has 1 saturated carbocycles. The summed E-state index contributed by atoms with van der Waals surface area (Å²) in [7, 11) is 0. The van der Waals surface area contributed by atoms with Crippen LogP contribution in [0.4, 0.5) is 13.2 Å². The summed E-state index contributed by atoms with van der Waals surface area (Å²) in [4.78, 5) is 13.8. The van der Waals surface area contributed by atoms with Gasteiger partial charge in [-0.25, -0.2) is 0 Å². The molecule has 0 spiro atoms. The summed E-state index contributed by atoms with van der Waals surface area (Å²) in [5.74, 6) is 0.0706. The van der Waals surface area contributed by atoms with Crippen molar-refractivity contribution in [3.63, 3.8) is 0 Å². The molecule has 0 aromatic rings. The quantitative estimate of drug-likeness (QED) is 0.754. The van der Waals surface area contributed by atoms with Crippen LogP contribution >= 0.6 is 0 Å². The van der Waals surface area contributed by atoms with Crippen molar-refractivity contribution in [2.24, 2.45) is 5.92 Å². The third-order valence-electron chi connectivity index (χ3n) is 3.58. The second kappa shape index (κ2) is 6.09. The van der Waals surface area contributed by atoms with Crippen LogP contribution < -0.4 is 10.6 Å². The molecule has 1 heterocycles. The molecule has 2 fully saturated rings. The van der Waals surface area contributed by atoms with Crippen LogP contribution in [0.5, 0.6) is 0 Å². The number of hydrogen-bond donors (Lipinski definition) is 2. The molecule has 1 aliphatic heterocycles. The van der Waals surface area contributed by atoms with Crippen molar-refractivity contribution in [1.82, 2.24) is 15.5 Å². The summed E-state index contributed by atoms with van der Waals surface area (Å²) in [6.07, 6.45) is -0.649. The van der Waals surface area contributed by atoms with E-state index in [0.29, 0.717) is 12.5 Å². The first-order chi connectivity index (χ1) is 8.94. The summed E-state index contributed by atoms with van der Waals surface area (Å²) < 4.78 is 35.6. The van der Waals surface area contributed by atoms with Gasteiger partial charge in [0.2, 0.25) is 5.91 Å². The maximum Gasteiger partial charge on any atom is 0.401 e. The van der Waals surface area contributed by atoms with Crippen molar-refractivity contribution in [2.75, 3.05) is 32.7 Å². The Labute approximate surface area is 110 Å². The summed E-state index contributed by atoms with van der Waals surface area (Å²) in [6, 6.07) is 0.745. The van der Waals surface area contributed by atoms with E-state index in [9.17, 15) is 18.0 Å². The van der Waals surface area contributed by atoms with Gasteiger partial charge in [-0.3, -0.25) is 4.79 Å². The zero-order valence-corrected chi connectivity index (χ0v) is 10.8. The molecule has 2 N–H and O–H groups in total. The van der Waals surface area contributed by atoms with E-state index in [1.165, 1.54) is 12.8 Å². The maximum absolute atomic E-state index is 11.9. The molecule has 1 unspecified atom stereocenters. The molecule has 1 aliphatic carbocycles. The lowest BCUT2D eigenvalue weighted by Gasteiger charge is -2.15. The van der Waals surface area contributed by atoms with E-state index in [2.05, 4.69) is 15.5 Å². The van der Waals surface area contributed by atoms with Crippen molar-refractivity contribution in [3.05, 3.63) is 0 Å². The van der Waals surface area contributed by atoms with Crippen LogP contribution in [0.25, 0.3) is 0 Å². The normalized spacial score (nSPS) is 24.7. The average molecular weight is 279 g/mol. The highest BCUT2D eigenvalue weighted by Crippen LogP contribution is 2.31. The lowest BCUT2D eigenvalue weighted by atomic mass is 10.1. The van der Waals surface area contributed by atoms with Gasteiger partial charge in [0.25, 0.3) is 0 Å². The van der Waals surface area contributed by atoms with E-state index in [1.54, 1.807) is 0 Å². The lowest BCUT2D eigenvalue weighted by molar-refractivity contribution is -0.128. The minimum absolute atomic E-state index is 0.279. The summed E-state index contributed by atoms with van der Waals surface area (Å²) in [5, 5.41) is 4.79. The monoisotopic (exact) mass is 279 g/mol. The third-order valence-corrected chi connectivity index (χ3v) is 3.58. The molecule has 0 bridgehead atoms. The topological polar surface area (TPSA) is 44.4 Å². The molecule has 0 radical (unpaired) electrons. The minimum Gasteiger partial charge on any atom is -0.355 e. The molecule has 0 aromatic carbocycles. The Morgan fingerprint density at radius 2 is 2.00 bits per heavy atom. The van der Waals surface area contributed by atoms with E-state index in [0.717, 1.165) is 25.6 Å². The van der Waals surface area contributed by atoms with Crippen LogP contribution in [-0.4, -0.2) is 55.7 Å². The zero-order chi connectivity index (χ0) is 13.9. The molecule has 0 aromatic heterocycles. The highest BCUT2D eigenvalue weighted by atomic mass is 19.4. The second-order valence-corrected chi connectivity index (χ2v) is 5.40. The first-order valence-corrected chi connectivity index (χ1v) is 6.72. The van der Waals surface area contributed by atoms with Crippen LogP contribution in [-0.2, 0) is 4.79 Å². The van der Waals surface area contributed by atoms with Gasteiger partial charge in [0.05, 0.1) is 13.1 Å². The number of likely N-dealkylation sites (tertiary alicyclic amines) is 1. The van der Waals surface area contributed by atoms with Gasteiger partial charge in [-0.15, -0.1) is 0 Å². The molecule has 2 aliphatic rings. The number of hydrogen-bond acceptors (Lipinski definition) is 3. The fourth-order valence-electron chi connectivity index (χ4n) is 2.44. The number of rotatable bonds is 6. The predicted molar refractivity (Wildman–Crippen MR) is 64.6 cm³/mol. The first kappa shape index (κ1) is 14.6. The summed E-state index contributed by atoms with van der Waals surface area (Å²) >= 11 is 0. The Bertz CT molecular complexity index is 318. The van der Waals surface area contributed by atoms with E-state index in [1.807, 2.05) is 0 Å². The smallest absolute Gasteiger partial charge is 0.355 e. The van der Waals surface area contributed by atoms with E-state index in [4.69, 9.17) is 0 Å². The van der Waals surface area contributed by atoms with Gasteiger partial charge >= 0.3 is 6.18 Å². The Kier molecular flexibility index (Phi) is 4.67. The second-order valence-electron chi connectivity index (χ2n) is 5.40. The Morgan fingerprint density at radius 3 is 2.63 bits per heavy atom. The van der Waals surface area contributed by atoms with Crippen molar-refractivity contribution in [1.29, 1.82) is 0 Å². The van der Waals surface area contributed by atoms with E-state index < -0.39 is 12.7 Å². The number of nitrogens with one attached hydrogen (secondary N) is 2. The molecule has 1 amide bonds. The number of nitrogens with zero attached hydrogens (tertiary/aromatic N) is 1. The van der Waals surface area contributed by atoms with Crippen molar-refractivity contribution < 1.29 is 18.0 Å². The fraction of sp³-hybridized carbons (Fsp3) is 0.917. The van der Waals surface area contributed by atoms with Crippen LogP contribution in [0.2, 0.25) is 0 Å². The van der Waals surface area contributed by atoms with Gasteiger partial charge in [-0.05, 0) is 31.7 Å². The standard InChI is InChI=1S/C12H20F3N3O/c13-12(14,15)8-16-6-11(19)17-5-9-3-4-18(7-9)10-1-2-10/h9-10,16H,1-8H2,(H,17,19). The Morgan fingerprint density at radius 1 is 1.26 bits per heavy atom. The van der Waals surface area contributed by atoms with Gasteiger partial charge in [-0.2, -0.15) is 13.2 Å². The number of halogens is 3. The summed E-state index contributed by atoms with van der Waals surface area (Å²) in [5.41, 5.74) is 0. The van der Waals surface area contributed by atoms with Crippen LogP contribution in [0.15, 0.2) is 0 Å². The molecule has 7 heteroatoms. The largest absolute Gasteiger partial charge is 0.401 e. The lowest BCUT2D eigenvalue weighted by Crippen LogP contribution is -2.40. The van der Waals surface area contributed by atoms with Crippen LogP contribution in [0.1, 0.15) is 19.3 Å². The average Bonchev–Trinajstić information content (AvgIpc) is 3.05.